The molecule has 0 atom stereocenters. The number of unbranched alkanes of at least 4 members (excludes halogenated alkanes) is 3. The van der Waals surface area contributed by atoms with Crippen LogP contribution in [0.1, 0.15) is 32.6 Å². The van der Waals surface area contributed by atoms with E-state index in [0.29, 0.717) is 0 Å². The molecule has 0 saturated heterocycles. The van der Waals surface area contributed by atoms with Gasteiger partial charge in [0.15, 0.2) is 0 Å². The quantitative estimate of drug-likeness (QED) is 0.368. The van der Waals surface area contributed by atoms with Gasteiger partial charge in [0.25, 0.3) is 5.82 Å². The minimum atomic E-state index is 0. The zero-order chi connectivity index (χ0) is 15.6. The first-order valence-corrected chi connectivity index (χ1v) is 8.98. The van der Waals surface area contributed by atoms with Crippen molar-refractivity contribution in [2.45, 2.75) is 39.2 Å². The second-order valence-electron chi connectivity index (χ2n) is 6.59. The number of rotatable bonds is 5. The molecule has 1 aliphatic heterocycles. The molecule has 0 radical (unpaired) electrons. The van der Waals surface area contributed by atoms with Gasteiger partial charge in [-0.05, 0) is 25.0 Å². The summed E-state index contributed by atoms with van der Waals surface area (Å²) in [7, 11) is 0. The summed E-state index contributed by atoms with van der Waals surface area (Å²) in [6, 6.07) is 17.7. The second-order valence-corrected chi connectivity index (χ2v) is 6.59. The molecule has 4 rings (SSSR count). The monoisotopic (exact) mass is 384 g/mol. The number of pyridine rings is 1. The lowest BCUT2D eigenvalue weighted by Crippen LogP contribution is -3.00. The first kappa shape index (κ1) is 17.2. The first-order valence-electron chi connectivity index (χ1n) is 8.98. The predicted octanol–water partition coefficient (Wildman–Crippen LogP) is 1.68. The summed E-state index contributed by atoms with van der Waals surface area (Å²) in [5, 5.41) is 4.16. The molecule has 2 aromatic carbocycles. The lowest BCUT2D eigenvalue weighted by atomic mass is 10.1. The zero-order valence-electron chi connectivity index (χ0n) is 14.3. The van der Waals surface area contributed by atoms with Crippen molar-refractivity contribution in [3.8, 4) is 0 Å². The van der Waals surface area contributed by atoms with Crippen LogP contribution in [0.4, 0.5) is 5.82 Å². The van der Waals surface area contributed by atoms with E-state index in [4.69, 9.17) is 0 Å². The molecule has 3 aromatic rings. The van der Waals surface area contributed by atoms with Crippen molar-refractivity contribution in [2.75, 3.05) is 18.0 Å². The van der Waals surface area contributed by atoms with Gasteiger partial charge in [-0.3, -0.25) is 4.90 Å². The Bertz CT molecular complexity index is 844. The molecule has 3 heteroatoms. The number of halogens is 1. The molecule has 2 heterocycles. The summed E-state index contributed by atoms with van der Waals surface area (Å²) in [5.74, 6) is 1.43. The maximum Gasteiger partial charge on any atom is 0.285 e. The third-order valence-electron chi connectivity index (χ3n) is 5.08. The van der Waals surface area contributed by atoms with Gasteiger partial charge in [-0.25, -0.2) is 4.57 Å². The number of para-hydroxylation sites is 1. The van der Waals surface area contributed by atoms with Crippen LogP contribution in [0, 0.1) is 0 Å². The molecule has 1 aliphatic rings. The summed E-state index contributed by atoms with van der Waals surface area (Å²) in [5.41, 5.74) is 1.37. The normalized spacial score (nSPS) is 13.3. The van der Waals surface area contributed by atoms with Crippen LogP contribution in [0.15, 0.2) is 48.5 Å². The van der Waals surface area contributed by atoms with Gasteiger partial charge in [0.2, 0.25) is 0 Å². The number of hydrogen-bond donors (Lipinski definition) is 0. The Morgan fingerprint density at radius 1 is 0.875 bits per heavy atom. The number of hydrogen-bond acceptors (Lipinski definition) is 1. The minimum absolute atomic E-state index is 0. The Labute approximate surface area is 154 Å². The van der Waals surface area contributed by atoms with Gasteiger partial charge < -0.3 is 17.0 Å². The smallest absolute Gasteiger partial charge is 0.285 e. The fourth-order valence-electron chi connectivity index (χ4n) is 3.95. The standard InChI is InChI=1S/C21H25N2.BrH/c1-2-3-4-9-14-22-15-16-23-20-13-8-7-11-18(20)17-10-5-6-12-19(17)21(22)23;/h5-8,10-13H,2-4,9,14-16H2,1H3;1H/q+1;/p-1. The number of anilines is 1. The van der Waals surface area contributed by atoms with Crippen LogP contribution < -0.4 is 26.4 Å². The zero-order valence-corrected chi connectivity index (χ0v) is 15.9. The van der Waals surface area contributed by atoms with E-state index in [1.54, 1.807) is 0 Å². The molecule has 2 nitrogen and oxygen atoms in total. The van der Waals surface area contributed by atoms with Crippen molar-refractivity contribution in [3.05, 3.63) is 48.5 Å². The molecular weight excluding hydrogens is 360 g/mol. The van der Waals surface area contributed by atoms with E-state index in [1.807, 2.05) is 0 Å². The molecular formula is C21H25BrN2. The van der Waals surface area contributed by atoms with Gasteiger partial charge in [-0.1, -0.05) is 56.2 Å². The van der Waals surface area contributed by atoms with E-state index >= 15 is 0 Å². The number of fused-ring (bicyclic) bond motifs is 6. The summed E-state index contributed by atoms with van der Waals surface area (Å²) >= 11 is 0. The van der Waals surface area contributed by atoms with Gasteiger partial charge in [0, 0.05) is 10.8 Å². The van der Waals surface area contributed by atoms with Crippen molar-refractivity contribution in [1.29, 1.82) is 0 Å². The van der Waals surface area contributed by atoms with Crippen molar-refractivity contribution in [1.82, 2.24) is 0 Å². The highest BCUT2D eigenvalue weighted by atomic mass is 79.9. The fourth-order valence-corrected chi connectivity index (χ4v) is 3.95. The van der Waals surface area contributed by atoms with Crippen molar-refractivity contribution < 1.29 is 21.5 Å². The molecule has 0 saturated carbocycles. The van der Waals surface area contributed by atoms with Crippen LogP contribution in [-0.2, 0) is 6.54 Å². The average molecular weight is 385 g/mol. The van der Waals surface area contributed by atoms with E-state index in [0.717, 1.165) is 13.1 Å². The van der Waals surface area contributed by atoms with Gasteiger partial charge in [-0.2, -0.15) is 0 Å². The molecule has 0 amide bonds. The maximum atomic E-state index is 2.60. The average Bonchev–Trinajstić information content (AvgIpc) is 3.03. The third kappa shape index (κ3) is 2.90. The highest BCUT2D eigenvalue weighted by molar-refractivity contribution is 6.08. The molecule has 0 fully saturated rings. The highest BCUT2D eigenvalue weighted by Gasteiger charge is 2.31. The lowest BCUT2D eigenvalue weighted by molar-refractivity contribution is -0.643. The van der Waals surface area contributed by atoms with Crippen molar-refractivity contribution in [3.63, 3.8) is 0 Å². The lowest BCUT2D eigenvalue weighted by Gasteiger charge is -2.14. The maximum absolute atomic E-state index is 2.60. The third-order valence-corrected chi connectivity index (χ3v) is 5.08. The molecule has 0 bridgehead atoms. The summed E-state index contributed by atoms with van der Waals surface area (Å²) in [6.45, 7) is 5.71. The Hall–Kier alpha value is -1.61. The topological polar surface area (TPSA) is 7.12 Å². The van der Waals surface area contributed by atoms with E-state index < -0.39 is 0 Å². The Balaban J connectivity index is 0.00000169. The summed E-state index contributed by atoms with van der Waals surface area (Å²) < 4.78 is 2.53. The fraction of sp³-hybridized carbons (Fsp3) is 0.381. The first-order chi connectivity index (χ1) is 11.4. The molecule has 126 valence electrons. The van der Waals surface area contributed by atoms with Crippen LogP contribution in [0.3, 0.4) is 0 Å². The molecule has 0 aliphatic carbocycles. The van der Waals surface area contributed by atoms with Crippen molar-refractivity contribution >= 4 is 27.5 Å². The second kappa shape index (κ2) is 7.52. The van der Waals surface area contributed by atoms with Gasteiger partial charge >= 0.3 is 0 Å². The highest BCUT2D eigenvalue weighted by Crippen LogP contribution is 2.32. The number of benzene rings is 2. The van der Waals surface area contributed by atoms with Gasteiger partial charge in [0.05, 0.1) is 11.9 Å². The largest absolute Gasteiger partial charge is 1.00 e. The van der Waals surface area contributed by atoms with Crippen LogP contribution >= 0.6 is 0 Å². The summed E-state index contributed by atoms with van der Waals surface area (Å²) in [6.07, 6.45) is 5.30. The SMILES string of the molecule is CCCCCCN1CC[n+]2c1c1ccccc1c1ccccc12.[Br-]. The molecule has 1 aromatic heterocycles. The van der Waals surface area contributed by atoms with Crippen LogP contribution in [0.5, 0.6) is 0 Å². The van der Waals surface area contributed by atoms with E-state index in [2.05, 4.69) is 64.9 Å². The van der Waals surface area contributed by atoms with Gasteiger partial charge in [0.1, 0.15) is 18.6 Å². The summed E-state index contributed by atoms with van der Waals surface area (Å²) in [4.78, 5) is 2.60. The van der Waals surface area contributed by atoms with E-state index in [-0.39, 0.29) is 17.0 Å². The molecule has 0 unspecified atom stereocenters. The number of nitrogens with zero attached hydrogens (tertiary/aromatic N) is 2. The van der Waals surface area contributed by atoms with Crippen LogP contribution in [-0.4, -0.2) is 13.1 Å². The van der Waals surface area contributed by atoms with Crippen molar-refractivity contribution in [2.24, 2.45) is 0 Å². The van der Waals surface area contributed by atoms with E-state index in [9.17, 15) is 0 Å². The van der Waals surface area contributed by atoms with Crippen LogP contribution in [0.25, 0.3) is 21.7 Å². The molecule has 0 spiro atoms. The Morgan fingerprint density at radius 2 is 1.58 bits per heavy atom. The Morgan fingerprint density at radius 3 is 2.38 bits per heavy atom. The molecule has 0 N–H and O–H groups in total. The molecule has 24 heavy (non-hydrogen) atoms. The predicted molar refractivity (Wildman–Crippen MR) is 98.0 cm³/mol. The van der Waals surface area contributed by atoms with Gasteiger partial charge in [-0.15, -0.1) is 0 Å². The van der Waals surface area contributed by atoms with Crippen LogP contribution in [0.2, 0.25) is 0 Å². The van der Waals surface area contributed by atoms with E-state index in [1.165, 1.54) is 59.7 Å². The Kier molecular flexibility index (Phi) is 5.40. The minimum Gasteiger partial charge on any atom is -1.00 e. The number of aromatic nitrogens is 1.